The molecule has 1 aromatic heterocycles. The number of phenols is 1. The topological polar surface area (TPSA) is 121 Å². The molecule has 102 valence electrons. The minimum absolute atomic E-state index is 0.0131. The van der Waals surface area contributed by atoms with Gasteiger partial charge in [-0.1, -0.05) is 0 Å². The lowest BCUT2D eigenvalue weighted by atomic mass is 10.2. The number of nitrogens with zero attached hydrogens (tertiary/aromatic N) is 1. The smallest absolute Gasteiger partial charge is 0.244 e. The Labute approximate surface area is 110 Å². The van der Waals surface area contributed by atoms with E-state index in [9.17, 15) is 13.5 Å². The van der Waals surface area contributed by atoms with Crippen LogP contribution < -0.4 is 10.5 Å². The van der Waals surface area contributed by atoms with Gasteiger partial charge in [0.1, 0.15) is 10.6 Å². The van der Waals surface area contributed by atoms with E-state index in [1.54, 1.807) is 6.92 Å². The van der Waals surface area contributed by atoms with Gasteiger partial charge in [-0.25, -0.2) is 13.1 Å². The van der Waals surface area contributed by atoms with E-state index in [1.165, 1.54) is 24.4 Å². The molecule has 0 bridgehead atoms. The zero-order valence-electron chi connectivity index (χ0n) is 10.2. The van der Waals surface area contributed by atoms with E-state index in [-0.39, 0.29) is 17.2 Å². The summed E-state index contributed by atoms with van der Waals surface area (Å²) in [6, 6.07) is 4.47. The normalized spacial score (nSPS) is 11.6. The number of hydrogen-bond donors (Lipinski definition) is 4. The summed E-state index contributed by atoms with van der Waals surface area (Å²) in [4.78, 5) is 0.0795. The summed E-state index contributed by atoms with van der Waals surface area (Å²) in [7, 11) is -3.67. The molecule has 1 aromatic carbocycles. The molecule has 0 saturated heterocycles. The van der Waals surface area contributed by atoms with Gasteiger partial charge < -0.3 is 10.8 Å². The second-order valence-corrected chi connectivity index (χ2v) is 5.81. The van der Waals surface area contributed by atoms with Crippen molar-refractivity contribution in [3.05, 3.63) is 35.7 Å². The Morgan fingerprint density at radius 2 is 2.21 bits per heavy atom. The first kappa shape index (κ1) is 13.4. The molecule has 2 aromatic rings. The molecule has 2 rings (SSSR count). The Kier molecular flexibility index (Phi) is 3.45. The summed E-state index contributed by atoms with van der Waals surface area (Å²) in [6.07, 6.45) is 1.23. The van der Waals surface area contributed by atoms with Gasteiger partial charge in [0.05, 0.1) is 11.9 Å². The van der Waals surface area contributed by atoms with Gasteiger partial charge in [0.25, 0.3) is 0 Å². The first-order valence-electron chi connectivity index (χ1n) is 5.47. The molecule has 0 aliphatic carbocycles. The number of aryl methyl sites for hydroxylation is 1. The Balaban J connectivity index is 2.19. The van der Waals surface area contributed by atoms with Crippen molar-refractivity contribution in [2.75, 3.05) is 5.73 Å². The van der Waals surface area contributed by atoms with Crippen LogP contribution in [0.25, 0.3) is 0 Å². The number of rotatable bonds is 4. The quantitative estimate of drug-likeness (QED) is 0.480. The third kappa shape index (κ3) is 2.85. The largest absolute Gasteiger partial charge is 0.508 e. The van der Waals surface area contributed by atoms with E-state index in [1.807, 2.05) is 0 Å². The average molecular weight is 282 g/mol. The van der Waals surface area contributed by atoms with Gasteiger partial charge in [-0.15, -0.1) is 0 Å². The summed E-state index contributed by atoms with van der Waals surface area (Å²) in [5, 5.41) is 15.8. The van der Waals surface area contributed by atoms with Crippen LogP contribution in [0.4, 0.5) is 5.69 Å². The van der Waals surface area contributed by atoms with Crippen molar-refractivity contribution in [3.8, 4) is 5.75 Å². The van der Waals surface area contributed by atoms with E-state index in [2.05, 4.69) is 14.9 Å². The highest BCUT2D eigenvalue weighted by atomic mass is 32.2. The third-order valence-corrected chi connectivity index (χ3v) is 4.14. The lowest BCUT2D eigenvalue weighted by molar-refractivity contribution is 0.467. The number of aromatic nitrogens is 2. The van der Waals surface area contributed by atoms with Gasteiger partial charge in [-0.05, 0) is 25.1 Å². The molecule has 0 saturated carbocycles. The Bertz CT molecular complexity index is 694. The van der Waals surface area contributed by atoms with E-state index >= 15 is 0 Å². The average Bonchev–Trinajstić information content (AvgIpc) is 2.78. The van der Waals surface area contributed by atoms with Crippen LogP contribution in [0.15, 0.2) is 29.3 Å². The fraction of sp³-hybridized carbons (Fsp3) is 0.182. The van der Waals surface area contributed by atoms with Crippen LogP contribution in [-0.4, -0.2) is 23.7 Å². The van der Waals surface area contributed by atoms with Crippen molar-refractivity contribution < 1.29 is 13.5 Å². The van der Waals surface area contributed by atoms with Crippen molar-refractivity contribution in [2.24, 2.45) is 0 Å². The standard InChI is InChI=1S/C11H14N4O3S/c1-7-11(6-13-15-7)19(17,18)14-5-8-4-9(12)2-3-10(8)16/h2-4,6,14,16H,5,12H2,1H3,(H,13,15). The van der Waals surface area contributed by atoms with Crippen LogP contribution >= 0.6 is 0 Å². The van der Waals surface area contributed by atoms with E-state index in [0.29, 0.717) is 16.9 Å². The maximum Gasteiger partial charge on any atom is 0.244 e. The van der Waals surface area contributed by atoms with Crippen LogP contribution in [0.3, 0.4) is 0 Å². The van der Waals surface area contributed by atoms with Gasteiger partial charge in [0.15, 0.2) is 0 Å². The van der Waals surface area contributed by atoms with Gasteiger partial charge in [-0.2, -0.15) is 5.10 Å². The van der Waals surface area contributed by atoms with Crippen molar-refractivity contribution in [1.29, 1.82) is 0 Å². The van der Waals surface area contributed by atoms with Gasteiger partial charge in [0, 0.05) is 17.8 Å². The van der Waals surface area contributed by atoms with Crippen LogP contribution in [-0.2, 0) is 16.6 Å². The maximum atomic E-state index is 12.0. The monoisotopic (exact) mass is 282 g/mol. The van der Waals surface area contributed by atoms with Crippen molar-refractivity contribution >= 4 is 15.7 Å². The number of aromatic hydroxyl groups is 1. The zero-order chi connectivity index (χ0) is 14.0. The third-order valence-electron chi connectivity index (χ3n) is 2.63. The molecule has 0 radical (unpaired) electrons. The molecule has 1 heterocycles. The van der Waals surface area contributed by atoms with Gasteiger partial charge in [0.2, 0.25) is 10.0 Å². The van der Waals surface area contributed by atoms with E-state index in [0.717, 1.165) is 0 Å². The number of aromatic amines is 1. The number of sulfonamides is 1. The summed E-state index contributed by atoms with van der Waals surface area (Å²) >= 11 is 0. The predicted molar refractivity (Wildman–Crippen MR) is 69.9 cm³/mol. The number of benzene rings is 1. The number of nitrogens with one attached hydrogen (secondary N) is 2. The van der Waals surface area contributed by atoms with Crippen molar-refractivity contribution in [1.82, 2.24) is 14.9 Å². The molecule has 19 heavy (non-hydrogen) atoms. The molecule has 7 nitrogen and oxygen atoms in total. The first-order chi connectivity index (χ1) is 8.90. The fourth-order valence-corrected chi connectivity index (χ4v) is 2.75. The van der Waals surface area contributed by atoms with Crippen molar-refractivity contribution in [2.45, 2.75) is 18.4 Å². The highest BCUT2D eigenvalue weighted by Gasteiger charge is 2.18. The molecule has 5 N–H and O–H groups in total. The van der Waals surface area contributed by atoms with Gasteiger partial charge in [-0.3, -0.25) is 5.10 Å². The summed E-state index contributed by atoms with van der Waals surface area (Å²) in [5.41, 5.74) is 6.89. The molecule has 0 unspecified atom stereocenters. The summed E-state index contributed by atoms with van der Waals surface area (Å²) in [6.45, 7) is 1.56. The predicted octanol–water partition coefficient (Wildman–Crippen LogP) is 0.484. The van der Waals surface area contributed by atoms with Crippen LogP contribution in [0.1, 0.15) is 11.3 Å². The molecular formula is C11H14N4O3S. The summed E-state index contributed by atoms with van der Waals surface area (Å²) in [5.74, 6) is -0.0131. The highest BCUT2D eigenvalue weighted by molar-refractivity contribution is 7.89. The minimum Gasteiger partial charge on any atom is -0.508 e. The minimum atomic E-state index is -3.67. The van der Waals surface area contributed by atoms with Crippen molar-refractivity contribution in [3.63, 3.8) is 0 Å². The molecule has 0 aliphatic rings. The van der Waals surface area contributed by atoms with Crippen LogP contribution in [0, 0.1) is 6.92 Å². The second-order valence-electron chi connectivity index (χ2n) is 4.07. The number of nitrogen functional groups attached to an aromatic ring is 1. The first-order valence-corrected chi connectivity index (χ1v) is 6.95. The zero-order valence-corrected chi connectivity index (χ0v) is 11.0. The maximum absolute atomic E-state index is 12.0. The number of H-pyrrole nitrogens is 1. The van der Waals surface area contributed by atoms with Gasteiger partial charge >= 0.3 is 0 Å². The lowest BCUT2D eigenvalue weighted by Gasteiger charge is -2.08. The van der Waals surface area contributed by atoms with Crippen LogP contribution in [0.2, 0.25) is 0 Å². The second kappa shape index (κ2) is 4.90. The number of anilines is 1. The molecule has 8 heteroatoms. The Morgan fingerprint density at radius 3 is 2.84 bits per heavy atom. The molecule has 0 atom stereocenters. The van der Waals surface area contributed by atoms with E-state index < -0.39 is 10.0 Å². The molecular weight excluding hydrogens is 268 g/mol. The highest BCUT2D eigenvalue weighted by Crippen LogP contribution is 2.20. The van der Waals surface area contributed by atoms with E-state index in [4.69, 9.17) is 5.73 Å². The molecule has 0 aliphatic heterocycles. The molecule has 0 spiro atoms. The number of nitrogens with two attached hydrogens (primary N) is 1. The Hall–Kier alpha value is -2.06. The number of phenolic OH excluding ortho intramolecular Hbond substituents is 1. The summed E-state index contributed by atoms with van der Waals surface area (Å²) < 4.78 is 26.4. The Morgan fingerprint density at radius 1 is 1.47 bits per heavy atom. The lowest BCUT2D eigenvalue weighted by Crippen LogP contribution is -2.23. The molecule has 0 fully saturated rings. The van der Waals surface area contributed by atoms with Crippen LogP contribution in [0.5, 0.6) is 5.75 Å². The number of hydrogen-bond acceptors (Lipinski definition) is 5. The molecule has 0 amide bonds. The fourth-order valence-electron chi connectivity index (χ4n) is 1.61. The SMILES string of the molecule is Cc1[nH]ncc1S(=O)(=O)NCc1cc(N)ccc1O.